The number of hydrogen-bond acceptors (Lipinski definition) is 2. The first-order valence-corrected chi connectivity index (χ1v) is 7.01. The van der Waals surface area contributed by atoms with Crippen LogP contribution in [0.25, 0.3) is 0 Å². The molecule has 0 saturated carbocycles. The number of H-pyrrole nitrogens is 1. The van der Waals surface area contributed by atoms with Crippen molar-refractivity contribution in [2.24, 2.45) is 0 Å². The van der Waals surface area contributed by atoms with Gasteiger partial charge in [0.25, 0.3) is 5.91 Å². The number of nitrogens with one attached hydrogen (secondary N) is 2. The van der Waals surface area contributed by atoms with E-state index >= 15 is 0 Å². The van der Waals surface area contributed by atoms with Crippen LogP contribution in [0.1, 0.15) is 10.5 Å². The third-order valence-corrected chi connectivity index (χ3v) is 3.37. The molecule has 0 saturated heterocycles. The second-order valence-electron chi connectivity index (χ2n) is 3.83. The summed E-state index contributed by atoms with van der Waals surface area (Å²) in [4.78, 5) is 14.7. The minimum absolute atomic E-state index is 0.134. The number of carbonyl (C=O) groups excluding carboxylic acids is 1. The van der Waals surface area contributed by atoms with Crippen molar-refractivity contribution in [2.45, 2.75) is 6.61 Å². The van der Waals surface area contributed by atoms with Crippen LogP contribution in [0.4, 0.5) is 14.5 Å². The minimum Gasteiger partial charge on any atom is -0.432 e. The maximum Gasteiger partial charge on any atom is 0.387 e. The molecule has 1 aromatic carbocycles. The van der Waals surface area contributed by atoms with E-state index < -0.39 is 12.5 Å². The number of aromatic nitrogens is 1. The molecule has 0 bridgehead atoms. The summed E-state index contributed by atoms with van der Waals surface area (Å²) in [7, 11) is 0. The van der Waals surface area contributed by atoms with Crippen molar-refractivity contribution in [3.63, 3.8) is 0 Å². The zero-order valence-corrected chi connectivity index (χ0v) is 13.2. The Labute approximate surface area is 136 Å². The van der Waals surface area contributed by atoms with Gasteiger partial charge in [0.1, 0.15) is 5.69 Å². The molecule has 0 fully saturated rings. The molecule has 1 heterocycles. The number of rotatable bonds is 4. The highest BCUT2D eigenvalue weighted by atomic mass is 79.9. The smallest absolute Gasteiger partial charge is 0.387 e. The molecule has 21 heavy (non-hydrogen) atoms. The molecule has 0 spiro atoms. The van der Waals surface area contributed by atoms with Crippen molar-refractivity contribution >= 4 is 50.7 Å². The van der Waals surface area contributed by atoms with Gasteiger partial charge in [-0.15, -0.1) is 0 Å². The highest BCUT2D eigenvalue weighted by Gasteiger charge is 2.16. The second-order valence-corrected chi connectivity index (χ2v) is 5.56. The first-order valence-electron chi connectivity index (χ1n) is 5.46. The molecule has 0 aliphatic carbocycles. The lowest BCUT2D eigenvalue weighted by molar-refractivity contribution is -0.0497. The molecular weight excluding hydrogens is 393 g/mol. The molecular formula is C12H7BrCl2F2N2O2. The Morgan fingerprint density at radius 1 is 1.29 bits per heavy atom. The molecule has 2 aromatic rings. The molecule has 0 unspecified atom stereocenters. The van der Waals surface area contributed by atoms with E-state index in [-0.39, 0.29) is 21.5 Å². The van der Waals surface area contributed by atoms with E-state index in [1.54, 1.807) is 12.3 Å². The van der Waals surface area contributed by atoms with Crippen LogP contribution in [-0.4, -0.2) is 17.5 Å². The Balaban J connectivity index is 2.20. The maximum absolute atomic E-state index is 12.2. The van der Waals surface area contributed by atoms with Crippen molar-refractivity contribution in [1.82, 2.24) is 4.98 Å². The lowest BCUT2D eigenvalue weighted by Gasteiger charge is -2.11. The van der Waals surface area contributed by atoms with Gasteiger partial charge >= 0.3 is 6.61 Å². The van der Waals surface area contributed by atoms with Crippen LogP contribution in [0.3, 0.4) is 0 Å². The molecule has 0 aliphatic rings. The minimum atomic E-state index is -3.04. The maximum atomic E-state index is 12.2. The van der Waals surface area contributed by atoms with Gasteiger partial charge in [-0.25, -0.2) is 0 Å². The molecule has 0 atom stereocenters. The van der Waals surface area contributed by atoms with Crippen LogP contribution in [0, 0.1) is 0 Å². The first kappa shape index (κ1) is 16.1. The molecule has 0 aliphatic heterocycles. The van der Waals surface area contributed by atoms with Crippen LogP contribution in [0.5, 0.6) is 5.75 Å². The number of ether oxygens (including phenoxy) is 1. The summed E-state index contributed by atoms with van der Waals surface area (Å²) in [6, 6.07) is 4.11. The summed E-state index contributed by atoms with van der Waals surface area (Å²) >= 11 is 14.8. The standard InChI is InChI=1S/C12H7BrCl2F2N2O2/c13-5-1-9(18-4-5)11(20)19-6-2-7(14)10(8(15)3-6)21-12(16)17/h1-4,12,18H,(H,19,20). The molecule has 1 aromatic heterocycles. The van der Waals surface area contributed by atoms with E-state index in [2.05, 4.69) is 31.0 Å². The Hall–Kier alpha value is -1.31. The van der Waals surface area contributed by atoms with Gasteiger partial charge in [0, 0.05) is 16.4 Å². The Kier molecular flexibility index (Phi) is 5.08. The van der Waals surface area contributed by atoms with Gasteiger partial charge in [-0.05, 0) is 34.1 Å². The number of amides is 1. The van der Waals surface area contributed by atoms with Gasteiger partial charge in [-0.3, -0.25) is 4.79 Å². The van der Waals surface area contributed by atoms with Crippen LogP contribution in [0.15, 0.2) is 28.9 Å². The number of benzene rings is 1. The lowest BCUT2D eigenvalue weighted by Crippen LogP contribution is -2.12. The molecule has 112 valence electrons. The normalized spacial score (nSPS) is 10.8. The quantitative estimate of drug-likeness (QED) is 0.765. The topological polar surface area (TPSA) is 54.1 Å². The fourth-order valence-electron chi connectivity index (χ4n) is 1.53. The molecule has 2 rings (SSSR count). The van der Waals surface area contributed by atoms with Crippen LogP contribution in [0.2, 0.25) is 10.0 Å². The van der Waals surface area contributed by atoms with Gasteiger partial charge < -0.3 is 15.0 Å². The van der Waals surface area contributed by atoms with Crippen LogP contribution < -0.4 is 10.1 Å². The average molecular weight is 400 g/mol. The van der Waals surface area contributed by atoms with Crippen LogP contribution >= 0.6 is 39.1 Å². The number of aromatic amines is 1. The van der Waals surface area contributed by atoms with E-state index in [0.717, 1.165) is 0 Å². The van der Waals surface area contributed by atoms with E-state index in [9.17, 15) is 13.6 Å². The first-order chi connectivity index (χ1) is 9.86. The predicted molar refractivity (Wildman–Crippen MR) is 79.5 cm³/mol. The molecule has 2 N–H and O–H groups in total. The third kappa shape index (κ3) is 4.09. The number of carbonyl (C=O) groups is 1. The van der Waals surface area contributed by atoms with Gasteiger partial charge in [0.2, 0.25) is 0 Å². The molecule has 0 radical (unpaired) electrons. The zero-order chi connectivity index (χ0) is 15.6. The van der Waals surface area contributed by atoms with E-state index in [1.165, 1.54) is 12.1 Å². The van der Waals surface area contributed by atoms with Crippen LogP contribution in [-0.2, 0) is 0 Å². The Morgan fingerprint density at radius 3 is 2.38 bits per heavy atom. The Morgan fingerprint density at radius 2 is 1.90 bits per heavy atom. The zero-order valence-electron chi connectivity index (χ0n) is 10.1. The summed E-state index contributed by atoms with van der Waals surface area (Å²) in [5.74, 6) is -0.774. The Bertz CT molecular complexity index is 656. The summed E-state index contributed by atoms with van der Waals surface area (Å²) in [5, 5.41) is 2.26. The van der Waals surface area contributed by atoms with Gasteiger partial charge in [-0.2, -0.15) is 8.78 Å². The summed E-state index contributed by atoms with van der Waals surface area (Å²) in [6.45, 7) is -3.04. The van der Waals surface area contributed by atoms with Crippen molar-refractivity contribution in [2.75, 3.05) is 5.32 Å². The monoisotopic (exact) mass is 398 g/mol. The lowest BCUT2D eigenvalue weighted by atomic mass is 10.3. The largest absolute Gasteiger partial charge is 0.432 e. The molecule has 1 amide bonds. The van der Waals surface area contributed by atoms with Gasteiger partial charge in [-0.1, -0.05) is 23.2 Å². The number of alkyl halides is 2. The summed E-state index contributed by atoms with van der Waals surface area (Å²) in [5.41, 5.74) is 0.560. The van der Waals surface area contributed by atoms with Crippen molar-refractivity contribution < 1.29 is 18.3 Å². The highest BCUT2D eigenvalue weighted by molar-refractivity contribution is 9.10. The summed E-state index contributed by atoms with van der Waals surface area (Å²) < 4.78 is 29.3. The van der Waals surface area contributed by atoms with Gasteiger partial charge in [0.05, 0.1) is 10.0 Å². The van der Waals surface area contributed by atoms with E-state index in [0.29, 0.717) is 10.2 Å². The predicted octanol–water partition coefficient (Wildman–Crippen LogP) is 4.94. The van der Waals surface area contributed by atoms with E-state index in [1.807, 2.05) is 0 Å². The SMILES string of the molecule is O=C(Nc1cc(Cl)c(OC(F)F)c(Cl)c1)c1cc(Br)c[nH]1. The fourth-order valence-corrected chi connectivity index (χ4v) is 2.45. The molecule has 9 heteroatoms. The van der Waals surface area contributed by atoms with Crippen molar-refractivity contribution in [1.29, 1.82) is 0 Å². The van der Waals surface area contributed by atoms with Crippen molar-refractivity contribution in [3.05, 3.63) is 44.6 Å². The number of halogens is 5. The third-order valence-electron chi connectivity index (χ3n) is 2.36. The van der Waals surface area contributed by atoms with E-state index in [4.69, 9.17) is 23.2 Å². The number of anilines is 1. The fraction of sp³-hybridized carbons (Fsp3) is 0.0833. The van der Waals surface area contributed by atoms with Gasteiger partial charge in [0.15, 0.2) is 5.75 Å². The number of hydrogen-bond donors (Lipinski definition) is 2. The highest BCUT2D eigenvalue weighted by Crippen LogP contribution is 2.37. The molecule has 4 nitrogen and oxygen atoms in total. The summed E-state index contributed by atoms with van der Waals surface area (Å²) in [6.07, 6.45) is 1.59. The average Bonchev–Trinajstić information content (AvgIpc) is 2.80. The second kappa shape index (κ2) is 6.64. The van der Waals surface area contributed by atoms with Crippen molar-refractivity contribution in [3.8, 4) is 5.75 Å².